The van der Waals surface area contributed by atoms with E-state index in [1.807, 2.05) is 24.3 Å². The fourth-order valence-corrected chi connectivity index (χ4v) is 2.86. The van der Waals surface area contributed by atoms with E-state index in [0.717, 1.165) is 22.5 Å². The summed E-state index contributed by atoms with van der Waals surface area (Å²) in [4.78, 5) is 0. The highest BCUT2D eigenvalue weighted by Gasteiger charge is 1.99. The molecule has 92 valence electrons. The van der Waals surface area contributed by atoms with Crippen molar-refractivity contribution in [2.24, 2.45) is 10.2 Å². The summed E-state index contributed by atoms with van der Waals surface area (Å²) in [6, 6.07) is 12.3. The van der Waals surface area contributed by atoms with Crippen molar-refractivity contribution in [3.05, 3.63) is 54.7 Å². The van der Waals surface area contributed by atoms with Gasteiger partial charge in [0.15, 0.2) is 0 Å². The smallest absolute Gasteiger partial charge is 0.0886 e. The third kappa shape index (κ3) is 3.50. The molecular formula is C14H12I2N2. The summed E-state index contributed by atoms with van der Waals surface area (Å²) in [5, 5.41) is 8.65. The van der Waals surface area contributed by atoms with Crippen molar-refractivity contribution >= 4 is 56.6 Å². The molecular weight excluding hydrogens is 450 g/mol. The van der Waals surface area contributed by atoms with Gasteiger partial charge in [-0.15, -0.1) is 0 Å². The summed E-state index contributed by atoms with van der Waals surface area (Å²) < 4.78 is 2.43. The molecule has 0 spiro atoms. The van der Waals surface area contributed by atoms with E-state index in [1.54, 1.807) is 0 Å². The van der Waals surface area contributed by atoms with E-state index < -0.39 is 0 Å². The molecule has 2 nitrogen and oxygen atoms in total. The fourth-order valence-electron chi connectivity index (χ4n) is 1.57. The van der Waals surface area contributed by atoms with E-state index in [4.69, 9.17) is 0 Å². The van der Waals surface area contributed by atoms with E-state index in [9.17, 15) is 0 Å². The summed E-state index contributed by atoms with van der Waals surface area (Å²) in [6.45, 7) is 4.11. The van der Waals surface area contributed by atoms with Gasteiger partial charge in [0.2, 0.25) is 0 Å². The predicted molar refractivity (Wildman–Crippen MR) is 92.0 cm³/mol. The first-order valence-corrected chi connectivity index (χ1v) is 7.66. The molecule has 0 unspecified atom stereocenters. The quantitative estimate of drug-likeness (QED) is 0.391. The van der Waals surface area contributed by atoms with Crippen LogP contribution >= 0.6 is 45.2 Å². The number of azo groups is 1. The van der Waals surface area contributed by atoms with E-state index in [2.05, 4.69) is 81.4 Å². The summed E-state index contributed by atoms with van der Waals surface area (Å²) in [6.07, 6.45) is 0. The van der Waals surface area contributed by atoms with Gasteiger partial charge in [0.25, 0.3) is 0 Å². The van der Waals surface area contributed by atoms with Gasteiger partial charge in [-0.2, -0.15) is 10.2 Å². The van der Waals surface area contributed by atoms with Gasteiger partial charge in [-0.3, -0.25) is 0 Å². The lowest BCUT2D eigenvalue weighted by Crippen LogP contribution is -1.78. The molecule has 0 aromatic heterocycles. The van der Waals surface area contributed by atoms with E-state index in [1.165, 1.54) is 7.14 Å². The lowest BCUT2D eigenvalue weighted by atomic mass is 10.2. The lowest BCUT2D eigenvalue weighted by molar-refractivity contribution is 1.19. The lowest BCUT2D eigenvalue weighted by Gasteiger charge is -2.01. The number of hydrogen-bond donors (Lipinski definition) is 0. The second kappa shape index (κ2) is 6.10. The molecule has 2 aromatic carbocycles. The maximum absolute atomic E-state index is 4.33. The third-order valence-electron chi connectivity index (χ3n) is 2.58. The number of hydrogen-bond acceptors (Lipinski definition) is 2. The second-order valence-electron chi connectivity index (χ2n) is 4.06. The summed E-state index contributed by atoms with van der Waals surface area (Å²) >= 11 is 4.60. The Morgan fingerprint density at radius 1 is 0.722 bits per heavy atom. The zero-order valence-electron chi connectivity index (χ0n) is 10.1. The molecule has 4 heteroatoms. The van der Waals surface area contributed by atoms with Crippen LogP contribution in [0.3, 0.4) is 0 Å². The molecule has 0 N–H and O–H groups in total. The minimum absolute atomic E-state index is 0.924. The number of halogens is 2. The van der Waals surface area contributed by atoms with Crippen molar-refractivity contribution in [3.63, 3.8) is 0 Å². The fraction of sp³-hybridized carbons (Fsp3) is 0.143. The molecule has 0 aliphatic carbocycles. The summed E-state index contributed by atoms with van der Waals surface area (Å²) in [5.41, 5.74) is 4.14. The molecule has 2 rings (SSSR count). The van der Waals surface area contributed by atoms with Crippen LogP contribution in [-0.2, 0) is 0 Å². The Labute approximate surface area is 134 Å². The first kappa shape index (κ1) is 13.9. The predicted octanol–water partition coefficient (Wildman–Crippen LogP) is 5.93. The maximum Gasteiger partial charge on any atom is 0.0886 e. The average molecular weight is 462 g/mol. The molecule has 2 aromatic rings. The highest BCUT2D eigenvalue weighted by molar-refractivity contribution is 14.1. The van der Waals surface area contributed by atoms with Crippen LogP contribution in [0.25, 0.3) is 0 Å². The molecule has 0 bridgehead atoms. The van der Waals surface area contributed by atoms with Crippen LogP contribution in [0.1, 0.15) is 11.1 Å². The second-order valence-corrected chi connectivity index (χ2v) is 6.55. The van der Waals surface area contributed by atoms with Crippen LogP contribution in [0.5, 0.6) is 0 Å². The highest BCUT2D eigenvalue weighted by atomic mass is 127. The zero-order valence-corrected chi connectivity index (χ0v) is 14.4. The van der Waals surface area contributed by atoms with Gasteiger partial charge >= 0.3 is 0 Å². The molecule has 0 heterocycles. The van der Waals surface area contributed by atoms with Crippen molar-refractivity contribution in [1.29, 1.82) is 0 Å². The Kier molecular flexibility index (Phi) is 4.71. The van der Waals surface area contributed by atoms with Crippen molar-refractivity contribution in [3.8, 4) is 0 Å². The molecule has 0 aliphatic rings. The average Bonchev–Trinajstić information content (AvgIpc) is 2.30. The SMILES string of the molecule is Cc1cc(I)ccc1N=Nc1ccc(I)cc1C. The van der Waals surface area contributed by atoms with Crippen LogP contribution in [-0.4, -0.2) is 0 Å². The van der Waals surface area contributed by atoms with E-state index in [-0.39, 0.29) is 0 Å². The van der Waals surface area contributed by atoms with Crippen molar-refractivity contribution in [2.45, 2.75) is 13.8 Å². The van der Waals surface area contributed by atoms with Crippen LogP contribution < -0.4 is 0 Å². The molecule has 0 saturated carbocycles. The van der Waals surface area contributed by atoms with Gasteiger partial charge in [0.05, 0.1) is 11.4 Å². The standard InChI is InChI=1S/C14H12I2N2/c1-9-7-11(15)3-5-13(9)17-18-14-6-4-12(16)8-10(14)2/h3-8H,1-2H3. The van der Waals surface area contributed by atoms with Crippen molar-refractivity contribution in [1.82, 2.24) is 0 Å². The maximum atomic E-state index is 4.33. The normalized spacial score (nSPS) is 11.1. The van der Waals surface area contributed by atoms with Gasteiger partial charge in [0.1, 0.15) is 0 Å². The third-order valence-corrected chi connectivity index (χ3v) is 3.93. The first-order chi connectivity index (χ1) is 8.56. The van der Waals surface area contributed by atoms with E-state index >= 15 is 0 Å². The van der Waals surface area contributed by atoms with Crippen LogP contribution in [0, 0.1) is 21.0 Å². The van der Waals surface area contributed by atoms with Gasteiger partial charge in [0, 0.05) is 7.14 Å². The molecule has 0 saturated heterocycles. The molecule has 18 heavy (non-hydrogen) atoms. The van der Waals surface area contributed by atoms with Crippen molar-refractivity contribution < 1.29 is 0 Å². The molecule has 0 atom stereocenters. The van der Waals surface area contributed by atoms with Gasteiger partial charge in [-0.05, 0) is 107 Å². The Balaban J connectivity index is 2.30. The van der Waals surface area contributed by atoms with Gasteiger partial charge < -0.3 is 0 Å². The van der Waals surface area contributed by atoms with E-state index in [0.29, 0.717) is 0 Å². The Hall–Kier alpha value is -0.500. The topological polar surface area (TPSA) is 24.7 Å². The van der Waals surface area contributed by atoms with Crippen molar-refractivity contribution in [2.75, 3.05) is 0 Å². The zero-order chi connectivity index (χ0) is 13.1. The summed E-state index contributed by atoms with van der Waals surface area (Å²) in [5.74, 6) is 0. The number of benzene rings is 2. The molecule has 0 amide bonds. The van der Waals surface area contributed by atoms with Crippen LogP contribution in [0.15, 0.2) is 46.6 Å². The minimum Gasteiger partial charge on any atom is -0.150 e. The largest absolute Gasteiger partial charge is 0.150 e. The Morgan fingerprint density at radius 3 is 1.44 bits per heavy atom. The highest BCUT2D eigenvalue weighted by Crippen LogP contribution is 2.26. The molecule has 0 radical (unpaired) electrons. The van der Waals surface area contributed by atoms with Crippen LogP contribution in [0.4, 0.5) is 11.4 Å². The van der Waals surface area contributed by atoms with Crippen LogP contribution in [0.2, 0.25) is 0 Å². The van der Waals surface area contributed by atoms with Gasteiger partial charge in [-0.25, -0.2) is 0 Å². The Morgan fingerprint density at radius 2 is 1.11 bits per heavy atom. The summed E-state index contributed by atoms with van der Waals surface area (Å²) in [7, 11) is 0. The molecule has 0 fully saturated rings. The number of rotatable bonds is 2. The number of aryl methyl sites for hydroxylation is 2. The first-order valence-electron chi connectivity index (χ1n) is 5.50. The monoisotopic (exact) mass is 462 g/mol. The number of nitrogens with zero attached hydrogens (tertiary/aromatic N) is 2. The molecule has 0 aliphatic heterocycles. The Bertz CT molecular complexity index is 553. The minimum atomic E-state index is 0.924. The van der Waals surface area contributed by atoms with Gasteiger partial charge in [-0.1, -0.05) is 0 Å².